The number of rotatable bonds is 3. The van der Waals surface area contributed by atoms with Crippen LogP contribution in [0.1, 0.15) is 5.56 Å². The summed E-state index contributed by atoms with van der Waals surface area (Å²) in [5.74, 6) is 0. The van der Waals surface area contributed by atoms with E-state index in [0.29, 0.717) is 0 Å². The zero-order chi connectivity index (χ0) is 22.2. The predicted octanol–water partition coefficient (Wildman–Crippen LogP) is 8.70. The second-order valence-corrected chi connectivity index (χ2v) is 8.53. The van der Waals surface area contributed by atoms with Crippen molar-refractivity contribution in [1.82, 2.24) is 4.98 Å². The first-order valence-corrected chi connectivity index (χ1v) is 11.3. The number of benzene rings is 5. The molecule has 0 amide bonds. The Hall–Kier alpha value is -4.23. The lowest BCUT2D eigenvalue weighted by Gasteiger charge is -2.17. The van der Waals surface area contributed by atoms with Gasteiger partial charge in [-0.3, -0.25) is 4.98 Å². The molecular formula is C32H23N. The van der Waals surface area contributed by atoms with Crippen molar-refractivity contribution in [3.05, 3.63) is 127 Å². The third kappa shape index (κ3) is 3.39. The summed E-state index contributed by atoms with van der Waals surface area (Å²) in [6.07, 6.45) is 3.91. The maximum atomic E-state index is 4.51. The molecule has 1 heterocycles. The van der Waals surface area contributed by atoms with Crippen LogP contribution in [0.25, 0.3) is 54.9 Å². The molecule has 0 N–H and O–H groups in total. The quantitative estimate of drug-likeness (QED) is 0.260. The van der Waals surface area contributed by atoms with Gasteiger partial charge in [0.2, 0.25) is 0 Å². The van der Waals surface area contributed by atoms with Gasteiger partial charge < -0.3 is 0 Å². The van der Waals surface area contributed by atoms with Crippen LogP contribution in [-0.2, 0) is 0 Å². The van der Waals surface area contributed by atoms with Crippen LogP contribution < -0.4 is 0 Å². The van der Waals surface area contributed by atoms with Gasteiger partial charge in [-0.05, 0) is 62.5 Å². The van der Waals surface area contributed by atoms with E-state index in [1.54, 1.807) is 0 Å². The minimum absolute atomic E-state index is 1.18. The number of aromatic nitrogens is 1. The lowest BCUT2D eigenvalue weighted by molar-refractivity contribution is 1.37. The molecule has 0 aliphatic heterocycles. The highest BCUT2D eigenvalue weighted by molar-refractivity contribution is 6.21. The zero-order valence-corrected chi connectivity index (χ0v) is 18.5. The van der Waals surface area contributed by atoms with Crippen molar-refractivity contribution < 1.29 is 0 Å². The topological polar surface area (TPSA) is 12.9 Å². The lowest BCUT2D eigenvalue weighted by Crippen LogP contribution is -1.91. The van der Waals surface area contributed by atoms with Gasteiger partial charge in [0, 0.05) is 17.8 Å². The maximum absolute atomic E-state index is 4.51. The fourth-order valence-corrected chi connectivity index (χ4v) is 4.82. The van der Waals surface area contributed by atoms with Gasteiger partial charge in [-0.25, -0.2) is 0 Å². The summed E-state index contributed by atoms with van der Waals surface area (Å²) in [6.45, 7) is 2.12. The smallest absolute Gasteiger partial charge is 0.0353 e. The van der Waals surface area contributed by atoms with E-state index in [0.717, 1.165) is 0 Å². The molecule has 6 rings (SSSR count). The van der Waals surface area contributed by atoms with Gasteiger partial charge in [-0.2, -0.15) is 0 Å². The normalized spacial score (nSPS) is 11.2. The van der Waals surface area contributed by atoms with Crippen LogP contribution in [0.3, 0.4) is 0 Å². The van der Waals surface area contributed by atoms with Crippen LogP contribution in [0.4, 0.5) is 0 Å². The summed E-state index contributed by atoms with van der Waals surface area (Å²) in [7, 11) is 0. The van der Waals surface area contributed by atoms with E-state index in [-0.39, 0.29) is 0 Å². The number of aryl methyl sites for hydroxylation is 1. The average molecular weight is 422 g/mol. The molecule has 0 bridgehead atoms. The van der Waals surface area contributed by atoms with Crippen LogP contribution in [-0.4, -0.2) is 4.98 Å². The monoisotopic (exact) mass is 421 g/mol. The van der Waals surface area contributed by atoms with Crippen LogP contribution in [0.5, 0.6) is 0 Å². The third-order valence-corrected chi connectivity index (χ3v) is 6.45. The molecule has 1 nitrogen and oxygen atoms in total. The number of nitrogens with zero attached hydrogens (tertiary/aromatic N) is 1. The molecular weight excluding hydrogens is 398 g/mol. The molecule has 6 aromatic rings. The highest BCUT2D eigenvalue weighted by Crippen LogP contribution is 2.43. The first-order valence-electron chi connectivity index (χ1n) is 11.3. The summed E-state index contributed by atoms with van der Waals surface area (Å²) in [6, 6.07) is 39.2. The lowest BCUT2D eigenvalue weighted by atomic mass is 9.86. The third-order valence-electron chi connectivity index (χ3n) is 6.45. The largest absolute Gasteiger partial charge is 0.264 e. The number of hydrogen-bond acceptors (Lipinski definition) is 1. The van der Waals surface area contributed by atoms with Crippen LogP contribution in [0.2, 0.25) is 0 Å². The molecule has 0 spiro atoms. The number of hydrogen-bond donors (Lipinski definition) is 0. The van der Waals surface area contributed by atoms with E-state index in [1.165, 1.54) is 60.5 Å². The van der Waals surface area contributed by atoms with Crippen molar-refractivity contribution in [3.8, 4) is 33.4 Å². The van der Waals surface area contributed by atoms with Crippen molar-refractivity contribution in [2.45, 2.75) is 6.92 Å². The minimum Gasteiger partial charge on any atom is -0.264 e. The first-order chi connectivity index (χ1) is 16.3. The average Bonchev–Trinajstić information content (AvgIpc) is 2.88. The molecule has 0 unspecified atom stereocenters. The standard InChI is InChI=1S/C32H23N/c1-22-11-13-23(14-12-22)24-15-17-26(18-16-24)32-28-10-6-5-9-27(28)31(25-7-3-2-4-8-25)29-19-20-33-21-30(29)32/h2-21H,1H3. The van der Waals surface area contributed by atoms with Crippen molar-refractivity contribution in [3.63, 3.8) is 0 Å². The molecule has 0 aliphatic carbocycles. The minimum atomic E-state index is 1.18. The van der Waals surface area contributed by atoms with Gasteiger partial charge in [0.1, 0.15) is 0 Å². The van der Waals surface area contributed by atoms with Gasteiger partial charge >= 0.3 is 0 Å². The molecule has 0 saturated heterocycles. The molecule has 1 aromatic heterocycles. The summed E-state index contributed by atoms with van der Waals surface area (Å²) >= 11 is 0. The fourth-order valence-electron chi connectivity index (χ4n) is 4.82. The molecule has 0 saturated carbocycles. The Morgan fingerprint density at radius 1 is 0.424 bits per heavy atom. The van der Waals surface area contributed by atoms with Gasteiger partial charge in [0.15, 0.2) is 0 Å². The highest BCUT2D eigenvalue weighted by atomic mass is 14.6. The molecule has 5 aromatic carbocycles. The van der Waals surface area contributed by atoms with Crippen LogP contribution >= 0.6 is 0 Å². The second-order valence-electron chi connectivity index (χ2n) is 8.53. The maximum Gasteiger partial charge on any atom is 0.0353 e. The van der Waals surface area contributed by atoms with Crippen molar-refractivity contribution in [2.24, 2.45) is 0 Å². The van der Waals surface area contributed by atoms with E-state index in [2.05, 4.69) is 121 Å². The Balaban J connectivity index is 1.61. The molecule has 33 heavy (non-hydrogen) atoms. The van der Waals surface area contributed by atoms with Crippen molar-refractivity contribution >= 4 is 21.5 Å². The molecule has 0 fully saturated rings. The number of fused-ring (bicyclic) bond motifs is 2. The SMILES string of the molecule is Cc1ccc(-c2ccc(-c3c4ccccc4c(-c4ccccc4)c4ccncc34)cc2)cc1. The van der Waals surface area contributed by atoms with E-state index >= 15 is 0 Å². The second kappa shape index (κ2) is 8.03. The van der Waals surface area contributed by atoms with E-state index < -0.39 is 0 Å². The zero-order valence-electron chi connectivity index (χ0n) is 18.5. The van der Waals surface area contributed by atoms with Gasteiger partial charge in [0.25, 0.3) is 0 Å². The van der Waals surface area contributed by atoms with Crippen molar-refractivity contribution in [2.75, 3.05) is 0 Å². The Morgan fingerprint density at radius 3 is 1.58 bits per heavy atom. The van der Waals surface area contributed by atoms with E-state index in [1.807, 2.05) is 12.4 Å². The first kappa shape index (κ1) is 19.5. The Morgan fingerprint density at radius 2 is 0.909 bits per heavy atom. The van der Waals surface area contributed by atoms with E-state index in [4.69, 9.17) is 0 Å². The fraction of sp³-hybridized carbons (Fsp3) is 0.0312. The molecule has 0 radical (unpaired) electrons. The molecule has 1 heteroatoms. The van der Waals surface area contributed by atoms with E-state index in [9.17, 15) is 0 Å². The summed E-state index contributed by atoms with van der Waals surface area (Å²) in [4.78, 5) is 4.51. The van der Waals surface area contributed by atoms with Gasteiger partial charge in [-0.1, -0.05) is 109 Å². The summed E-state index contributed by atoms with van der Waals surface area (Å²) < 4.78 is 0. The summed E-state index contributed by atoms with van der Waals surface area (Å²) in [5, 5.41) is 4.92. The predicted molar refractivity (Wildman–Crippen MR) is 140 cm³/mol. The molecule has 0 atom stereocenters. The molecule has 0 aliphatic rings. The Bertz CT molecular complexity index is 1520. The Labute approximate surface area is 194 Å². The van der Waals surface area contributed by atoms with Gasteiger partial charge in [-0.15, -0.1) is 0 Å². The summed E-state index contributed by atoms with van der Waals surface area (Å²) in [5.41, 5.74) is 8.69. The molecule has 156 valence electrons. The van der Waals surface area contributed by atoms with Gasteiger partial charge in [0.05, 0.1) is 0 Å². The highest BCUT2D eigenvalue weighted by Gasteiger charge is 2.16. The number of pyridine rings is 1. The van der Waals surface area contributed by atoms with Crippen LogP contribution in [0.15, 0.2) is 122 Å². The Kier molecular flexibility index (Phi) is 4.74. The van der Waals surface area contributed by atoms with Crippen LogP contribution in [0, 0.1) is 6.92 Å². The van der Waals surface area contributed by atoms with Crippen molar-refractivity contribution in [1.29, 1.82) is 0 Å².